The number of hydrogen-bond donors (Lipinski definition) is 1. The van der Waals surface area contributed by atoms with Crippen molar-refractivity contribution in [3.05, 3.63) is 35.9 Å². The van der Waals surface area contributed by atoms with Crippen LogP contribution in [0.2, 0.25) is 0 Å². The molecule has 1 heterocycles. The minimum atomic E-state index is -0.907. The smallest absolute Gasteiger partial charge is 0.246 e. The van der Waals surface area contributed by atoms with Crippen LogP contribution >= 0.6 is 0 Å². The number of rotatable bonds is 3. The van der Waals surface area contributed by atoms with Gasteiger partial charge in [0.2, 0.25) is 11.8 Å². The molecule has 0 aromatic heterocycles. The van der Waals surface area contributed by atoms with Gasteiger partial charge in [-0.2, -0.15) is 0 Å². The van der Waals surface area contributed by atoms with Crippen molar-refractivity contribution in [2.45, 2.75) is 25.2 Å². The largest absolute Gasteiger partial charge is 0.294 e. The second-order valence-electron chi connectivity index (χ2n) is 3.80. The topological polar surface area (TPSA) is 46.2 Å². The van der Waals surface area contributed by atoms with E-state index in [2.05, 4.69) is 5.32 Å². The van der Waals surface area contributed by atoms with Crippen LogP contribution < -0.4 is 5.32 Å². The summed E-state index contributed by atoms with van der Waals surface area (Å²) in [6.07, 6.45) is 1.40. The molecule has 3 heteroatoms. The van der Waals surface area contributed by atoms with Gasteiger partial charge >= 0.3 is 0 Å². The SMILES string of the molecule is CCCC1(c2ccccc2)C(=O)NC1=O. The Hall–Kier alpha value is -1.64. The molecule has 0 spiro atoms. The van der Waals surface area contributed by atoms with Crippen LogP contribution in [-0.4, -0.2) is 11.8 Å². The van der Waals surface area contributed by atoms with Gasteiger partial charge in [0.05, 0.1) is 0 Å². The van der Waals surface area contributed by atoms with Crippen molar-refractivity contribution in [2.24, 2.45) is 0 Å². The summed E-state index contributed by atoms with van der Waals surface area (Å²) in [4.78, 5) is 23.2. The van der Waals surface area contributed by atoms with Crippen molar-refractivity contribution in [3.63, 3.8) is 0 Å². The van der Waals surface area contributed by atoms with Crippen molar-refractivity contribution in [2.75, 3.05) is 0 Å². The van der Waals surface area contributed by atoms with Gasteiger partial charge < -0.3 is 0 Å². The van der Waals surface area contributed by atoms with Crippen molar-refractivity contribution in [3.8, 4) is 0 Å². The molecule has 15 heavy (non-hydrogen) atoms. The van der Waals surface area contributed by atoms with Gasteiger partial charge in [-0.25, -0.2) is 0 Å². The average molecular weight is 203 g/mol. The quantitative estimate of drug-likeness (QED) is 0.596. The molecule has 0 radical (unpaired) electrons. The third-order valence-corrected chi connectivity index (χ3v) is 2.89. The molecule has 1 aliphatic rings. The maximum atomic E-state index is 11.6. The third kappa shape index (κ3) is 1.27. The minimum absolute atomic E-state index is 0.166. The first-order chi connectivity index (χ1) is 7.21. The Balaban J connectivity index is 2.44. The van der Waals surface area contributed by atoms with Gasteiger partial charge in [0, 0.05) is 0 Å². The maximum absolute atomic E-state index is 11.6. The van der Waals surface area contributed by atoms with Crippen LogP contribution in [0.1, 0.15) is 25.3 Å². The van der Waals surface area contributed by atoms with E-state index in [1.54, 1.807) is 0 Å². The Labute approximate surface area is 88.5 Å². The predicted octanol–water partition coefficient (Wildman–Crippen LogP) is 1.38. The summed E-state index contributed by atoms with van der Waals surface area (Å²) in [6, 6.07) is 9.26. The monoisotopic (exact) mass is 203 g/mol. The fraction of sp³-hybridized carbons (Fsp3) is 0.333. The molecule has 1 aromatic carbocycles. The molecule has 0 bridgehead atoms. The first kappa shape index (κ1) is 9.90. The van der Waals surface area contributed by atoms with Crippen molar-refractivity contribution < 1.29 is 9.59 Å². The van der Waals surface area contributed by atoms with E-state index in [0.717, 1.165) is 12.0 Å². The molecule has 78 valence electrons. The van der Waals surface area contributed by atoms with Gasteiger partial charge in [0.15, 0.2) is 5.41 Å². The van der Waals surface area contributed by atoms with E-state index in [1.807, 2.05) is 37.3 Å². The molecule has 1 N–H and O–H groups in total. The Morgan fingerprint density at radius 2 is 1.73 bits per heavy atom. The van der Waals surface area contributed by atoms with Crippen molar-refractivity contribution >= 4 is 11.8 Å². The lowest BCUT2D eigenvalue weighted by molar-refractivity contribution is -0.151. The Morgan fingerprint density at radius 3 is 2.20 bits per heavy atom. The fourth-order valence-electron chi connectivity index (χ4n) is 2.09. The van der Waals surface area contributed by atoms with Gasteiger partial charge in [0.1, 0.15) is 0 Å². The zero-order valence-electron chi connectivity index (χ0n) is 8.62. The van der Waals surface area contributed by atoms with Crippen molar-refractivity contribution in [1.82, 2.24) is 5.32 Å². The standard InChI is InChI=1S/C12H13NO2/c1-2-8-12(10(14)13-11(12)15)9-6-4-3-5-7-9/h3-7H,2,8H2,1H3,(H,13,14,15). The summed E-state index contributed by atoms with van der Waals surface area (Å²) in [5.41, 5.74) is -0.101. The summed E-state index contributed by atoms with van der Waals surface area (Å²) >= 11 is 0. The lowest BCUT2D eigenvalue weighted by atomic mass is 9.70. The molecule has 2 amide bonds. The summed E-state index contributed by atoms with van der Waals surface area (Å²) in [5.74, 6) is -0.332. The molecule has 2 rings (SSSR count). The second-order valence-corrected chi connectivity index (χ2v) is 3.80. The molecule has 1 saturated heterocycles. The van der Waals surface area contributed by atoms with Gasteiger partial charge in [-0.1, -0.05) is 43.7 Å². The third-order valence-electron chi connectivity index (χ3n) is 2.89. The van der Waals surface area contributed by atoms with Crippen LogP contribution in [0.5, 0.6) is 0 Å². The minimum Gasteiger partial charge on any atom is -0.294 e. The molecule has 1 fully saturated rings. The molecule has 0 unspecified atom stereocenters. The van der Waals surface area contributed by atoms with E-state index in [9.17, 15) is 9.59 Å². The van der Waals surface area contributed by atoms with Crippen LogP contribution in [0, 0.1) is 0 Å². The zero-order valence-corrected chi connectivity index (χ0v) is 8.62. The van der Waals surface area contributed by atoms with Gasteiger partial charge in [-0.05, 0) is 12.0 Å². The molecular weight excluding hydrogens is 190 g/mol. The first-order valence-corrected chi connectivity index (χ1v) is 5.13. The number of hydrogen-bond acceptors (Lipinski definition) is 2. The van der Waals surface area contributed by atoms with E-state index < -0.39 is 5.41 Å². The highest BCUT2D eigenvalue weighted by atomic mass is 16.2. The predicted molar refractivity (Wildman–Crippen MR) is 56.2 cm³/mol. The normalized spacial score (nSPS) is 18.2. The molecule has 0 atom stereocenters. The molecule has 3 nitrogen and oxygen atoms in total. The lowest BCUT2D eigenvalue weighted by Gasteiger charge is -2.38. The van der Waals surface area contributed by atoms with Crippen LogP contribution in [0.3, 0.4) is 0 Å². The summed E-state index contributed by atoms with van der Waals surface area (Å²) in [6.45, 7) is 1.98. The van der Waals surface area contributed by atoms with E-state index in [1.165, 1.54) is 0 Å². The highest BCUT2D eigenvalue weighted by molar-refractivity contribution is 6.26. The maximum Gasteiger partial charge on any atom is 0.246 e. The molecular formula is C12H13NO2. The van der Waals surface area contributed by atoms with Gasteiger partial charge in [-0.15, -0.1) is 0 Å². The van der Waals surface area contributed by atoms with E-state index in [-0.39, 0.29) is 11.8 Å². The van der Waals surface area contributed by atoms with Crippen LogP contribution in [-0.2, 0) is 15.0 Å². The summed E-state index contributed by atoms with van der Waals surface area (Å²) in [7, 11) is 0. The first-order valence-electron chi connectivity index (χ1n) is 5.13. The molecule has 0 saturated carbocycles. The van der Waals surface area contributed by atoms with E-state index in [0.29, 0.717) is 6.42 Å². The zero-order chi connectivity index (χ0) is 10.9. The van der Waals surface area contributed by atoms with Gasteiger partial charge in [-0.3, -0.25) is 14.9 Å². The van der Waals surface area contributed by atoms with E-state index in [4.69, 9.17) is 0 Å². The number of benzene rings is 1. The Kier molecular flexibility index (Phi) is 2.31. The number of amides is 2. The van der Waals surface area contributed by atoms with E-state index >= 15 is 0 Å². The van der Waals surface area contributed by atoms with Crippen LogP contribution in [0.25, 0.3) is 0 Å². The average Bonchev–Trinajstić information content (AvgIpc) is 2.27. The molecule has 1 aliphatic heterocycles. The Morgan fingerprint density at radius 1 is 1.13 bits per heavy atom. The number of imide groups is 1. The number of β-lactam (4-membered cyclic amide) rings is 2. The van der Waals surface area contributed by atoms with Gasteiger partial charge in [0.25, 0.3) is 0 Å². The highest BCUT2D eigenvalue weighted by Crippen LogP contribution is 2.35. The second kappa shape index (κ2) is 3.50. The Bertz CT molecular complexity index is 383. The highest BCUT2D eigenvalue weighted by Gasteiger charge is 2.55. The number of nitrogens with one attached hydrogen (secondary N) is 1. The summed E-state index contributed by atoms with van der Waals surface area (Å²) in [5, 5.41) is 2.30. The lowest BCUT2D eigenvalue weighted by Crippen LogP contribution is -2.66. The fourth-order valence-corrected chi connectivity index (χ4v) is 2.09. The van der Waals surface area contributed by atoms with Crippen molar-refractivity contribution in [1.29, 1.82) is 0 Å². The number of carbonyl (C=O) groups excluding carboxylic acids is 2. The van der Waals surface area contributed by atoms with Crippen LogP contribution in [0.4, 0.5) is 0 Å². The molecule has 1 aromatic rings. The number of carbonyl (C=O) groups is 2. The van der Waals surface area contributed by atoms with Crippen LogP contribution in [0.15, 0.2) is 30.3 Å². The summed E-state index contributed by atoms with van der Waals surface area (Å²) < 4.78 is 0. The molecule has 0 aliphatic carbocycles.